The van der Waals surface area contributed by atoms with Crippen LogP contribution in [0.15, 0.2) is 48.5 Å². The van der Waals surface area contributed by atoms with Gasteiger partial charge in [0.15, 0.2) is 6.04 Å². The van der Waals surface area contributed by atoms with Crippen LogP contribution in [0.25, 0.3) is 0 Å². The standard InChI is InChI=1S/C15H14ClNO3/c1-20-13-9-11(7-8-12(13)16)17-14(15(18)19)10-5-3-2-4-6-10/h2-9,14,17H,1H3,(H,18,19). The molecule has 2 N–H and O–H groups in total. The molecule has 2 rings (SSSR count). The number of carbonyl (C=O) groups is 1. The lowest BCUT2D eigenvalue weighted by Crippen LogP contribution is -2.20. The summed E-state index contributed by atoms with van der Waals surface area (Å²) in [7, 11) is 1.51. The Kier molecular flexibility index (Phi) is 4.48. The van der Waals surface area contributed by atoms with Crippen LogP contribution in [0.2, 0.25) is 5.02 Å². The molecule has 2 aromatic rings. The van der Waals surface area contributed by atoms with Gasteiger partial charge in [0.2, 0.25) is 0 Å². The molecule has 0 heterocycles. The zero-order valence-electron chi connectivity index (χ0n) is 10.8. The Morgan fingerprint density at radius 1 is 1.25 bits per heavy atom. The topological polar surface area (TPSA) is 58.6 Å². The van der Waals surface area contributed by atoms with Gasteiger partial charge in [0, 0.05) is 11.8 Å². The molecular formula is C15H14ClNO3. The number of ether oxygens (including phenoxy) is 1. The maximum Gasteiger partial charge on any atom is 0.330 e. The van der Waals surface area contributed by atoms with Crippen LogP contribution in [0.3, 0.4) is 0 Å². The van der Waals surface area contributed by atoms with Crippen LogP contribution in [-0.4, -0.2) is 18.2 Å². The van der Waals surface area contributed by atoms with E-state index in [1.54, 1.807) is 42.5 Å². The Balaban J connectivity index is 2.27. The minimum atomic E-state index is -0.954. The molecule has 1 atom stereocenters. The highest BCUT2D eigenvalue weighted by molar-refractivity contribution is 6.32. The van der Waals surface area contributed by atoms with Crippen LogP contribution in [0.4, 0.5) is 5.69 Å². The van der Waals surface area contributed by atoms with E-state index >= 15 is 0 Å². The number of rotatable bonds is 5. The molecule has 0 spiro atoms. The molecule has 104 valence electrons. The van der Waals surface area contributed by atoms with Crippen molar-refractivity contribution < 1.29 is 14.6 Å². The van der Waals surface area contributed by atoms with Crippen molar-refractivity contribution in [2.24, 2.45) is 0 Å². The van der Waals surface area contributed by atoms with Crippen LogP contribution < -0.4 is 10.1 Å². The molecule has 5 heteroatoms. The van der Waals surface area contributed by atoms with Gasteiger partial charge in [-0.2, -0.15) is 0 Å². The predicted molar refractivity (Wildman–Crippen MR) is 78.4 cm³/mol. The molecule has 20 heavy (non-hydrogen) atoms. The summed E-state index contributed by atoms with van der Waals surface area (Å²) < 4.78 is 5.11. The number of nitrogens with one attached hydrogen (secondary N) is 1. The highest BCUT2D eigenvalue weighted by Crippen LogP contribution is 2.29. The van der Waals surface area contributed by atoms with Gasteiger partial charge in [-0.25, -0.2) is 4.79 Å². The van der Waals surface area contributed by atoms with E-state index in [1.807, 2.05) is 6.07 Å². The lowest BCUT2D eigenvalue weighted by atomic mass is 10.1. The fraction of sp³-hybridized carbons (Fsp3) is 0.133. The number of methoxy groups -OCH3 is 1. The summed E-state index contributed by atoms with van der Waals surface area (Å²) in [6.45, 7) is 0. The Labute approximate surface area is 122 Å². The van der Waals surface area contributed by atoms with Crippen LogP contribution in [0.1, 0.15) is 11.6 Å². The third-order valence-electron chi connectivity index (χ3n) is 2.84. The zero-order valence-corrected chi connectivity index (χ0v) is 11.6. The Bertz CT molecular complexity index is 601. The molecule has 0 aliphatic heterocycles. The number of hydrogen-bond donors (Lipinski definition) is 2. The number of aliphatic carboxylic acids is 1. The van der Waals surface area contributed by atoms with Crippen LogP contribution in [0, 0.1) is 0 Å². The fourth-order valence-corrected chi connectivity index (χ4v) is 2.04. The molecular weight excluding hydrogens is 278 g/mol. The molecule has 0 radical (unpaired) electrons. The minimum absolute atomic E-state index is 0.477. The molecule has 0 amide bonds. The molecule has 2 aromatic carbocycles. The Morgan fingerprint density at radius 3 is 2.55 bits per heavy atom. The lowest BCUT2D eigenvalue weighted by molar-refractivity contribution is -0.138. The van der Waals surface area contributed by atoms with Crippen molar-refractivity contribution >= 4 is 23.3 Å². The first-order chi connectivity index (χ1) is 9.61. The van der Waals surface area contributed by atoms with Crippen molar-refractivity contribution in [3.8, 4) is 5.75 Å². The van der Waals surface area contributed by atoms with E-state index < -0.39 is 12.0 Å². The number of carboxylic acids is 1. The second-order valence-corrected chi connectivity index (χ2v) is 4.58. The van der Waals surface area contributed by atoms with E-state index in [1.165, 1.54) is 7.11 Å². The van der Waals surface area contributed by atoms with Gasteiger partial charge in [-0.3, -0.25) is 0 Å². The van der Waals surface area contributed by atoms with Gasteiger partial charge in [-0.1, -0.05) is 41.9 Å². The van der Waals surface area contributed by atoms with E-state index in [0.29, 0.717) is 22.0 Å². The van der Waals surface area contributed by atoms with Crippen molar-refractivity contribution in [1.82, 2.24) is 0 Å². The SMILES string of the molecule is COc1cc(NC(C(=O)O)c2ccccc2)ccc1Cl. The molecule has 0 saturated carbocycles. The van der Waals surface area contributed by atoms with Gasteiger partial charge >= 0.3 is 5.97 Å². The van der Waals surface area contributed by atoms with E-state index in [2.05, 4.69) is 5.32 Å². The molecule has 1 unspecified atom stereocenters. The van der Waals surface area contributed by atoms with Crippen LogP contribution in [-0.2, 0) is 4.79 Å². The number of carboxylic acid groups (broad SMARTS) is 1. The molecule has 0 aliphatic carbocycles. The third kappa shape index (κ3) is 3.22. The average Bonchev–Trinajstić information content (AvgIpc) is 2.47. The summed E-state index contributed by atoms with van der Waals surface area (Å²) in [6, 6.07) is 13.2. The molecule has 0 aromatic heterocycles. The number of halogens is 1. The highest BCUT2D eigenvalue weighted by atomic mass is 35.5. The third-order valence-corrected chi connectivity index (χ3v) is 3.15. The second kappa shape index (κ2) is 6.30. The van der Waals surface area contributed by atoms with Crippen LogP contribution >= 0.6 is 11.6 Å². The second-order valence-electron chi connectivity index (χ2n) is 4.18. The minimum Gasteiger partial charge on any atom is -0.495 e. The first-order valence-corrected chi connectivity index (χ1v) is 6.37. The van der Waals surface area contributed by atoms with Crippen molar-refractivity contribution in [2.75, 3.05) is 12.4 Å². The molecule has 4 nitrogen and oxygen atoms in total. The lowest BCUT2D eigenvalue weighted by Gasteiger charge is -2.17. The first kappa shape index (κ1) is 14.2. The van der Waals surface area contributed by atoms with Gasteiger partial charge in [-0.05, 0) is 17.7 Å². The molecule has 0 fully saturated rings. The van der Waals surface area contributed by atoms with E-state index in [9.17, 15) is 9.90 Å². The largest absolute Gasteiger partial charge is 0.495 e. The summed E-state index contributed by atoms with van der Waals surface area (Å²) in [4.78, 5) is 11.4. The predicted octanol–water partition coefficient (Wildman–Crippen LogP) is 3.59. The summed E-state index contributed by atoms with van der Waals surface area (Å²) in [5.41, 5.74) is 1.30. The normalized spacial score (nSPS) is 11.7. The zero-order chi connectivity index (χ0) is 14.5. The fourth-order valence-electron chi connectivity index (χ4n) is 1.85. The van der Waals surface area contributed by atoms with E-state index in [0.717, 1.165) is 0 Å². The average molecular weight is 292 g/mol. The summed E-state index contributed by atoms with van der Waals surface area (Å²) in [5.74, 6) is -0.459. The monoisotopic (exact) mass is 291 g/mol. The van der Waals surface area contributed by atoms with Crippen molar-refractivity contribution in [2.45, 2.75) is 6.04 Å². The first-order valence-electron chi connectivity index (χ1n) is 5.99. The summed E-state index contributed by atoms with van der Waals surface area (Å²) in [6.07, 6.45) is 0. The number of benzene rings is 2. The number of anilines is 1. The molecule has 0 aliphatic rings. The molecule has 0 saturated heterocycles. The summed E-state index contributed by atoms with van der Waals surface area (Å²) in [5, 5.41) is 12.8. The van der Waals surface area contributed by atoms with Gasteiger partial charge in [0.25, 0.3) is 0 Å². The summed E-state index contributed by atoms with van der Waals surface area (Å²) >= 11 is 5.94. The Morgan fingerprint density at radius 2 is 1.95 bits per heavy atom. The van der Waals surface area contributed by atoms with E-state index in [4.69, 9.17) is 16.3 Å². The van der Waals surface area contributed by atoms with Gasteiger partial charge < -0.3 is 15.2 Å². The maximum atomic E-state index is 11.4. The van der Waals surface area contributed by atoms with E-state index in [-0.39, 0.29) is 0 Å². The quantitative estimate of drug-likeness (QED) is 0.884. The van der Waals surface area contributed by atoms with Crippen LogP contribution in [0.5, 0.6) is 5.75 Å². The molecule has 0 bridgehead atoms. The van der Waals surface area contributed by atoms with Crippen molar-refractivity contribution in [3.05, 3.63) is 59.1 Å². The van der Waals surface area contributed by atoms with Gasteiger partial charge in [-0.15, -0.1) is 0 Å². The van der Waals surface area contributed by atoms with Crippen molar-refractivity contribution in [3.63, 3.8) is 0 Å². The highest BCUT2D eigenvalue weighted by Gasteiger charge is 2.19. The number of hydrogen-bond acceptors (Lipinski definition) is 3. The van der Waals surface area contributed by atoms with Crippen molar-refractivity contribution in [1.29, 1.82) is 0 Å². The van der Waals surface area contributed by atoms with Gasteiger partial charge in [0.1, 0.15) is 5.75 Å². The Hall–Kier alpha value is -2.20. The smallest absolute Gasteiger partial charge is 0.330 e. The van der Waals surface area contributed by atoms with Gasteiger partial charge in [0.05, 0.1) is 12.1 Å². The maximum absolute atomic E-state index is 11.4.